The number of benzene rings is 1. The number of ether oxygens (including phenoxy) is 1. The van der Waals surface area contributed by atoms with E-state index in [2.05, 4.69) is 15.9 Å². The van der Waals surface area contributed by atoms with Crippen LogP contribution in [0.1, 0.15) is 32.1 Å². The van der Waals surface area contributed by atoms with Crippen molar-refractivity contribution in [3.8, 4) is 5.75 Å². The summed E-state index contributed by atoms with van der Waals surface area (Å²) in [4.78, 5) is 0. The number of fused-ring (bicyclic) bond motifs is 2. The number of rotatable bonds is 5. The first-order valence-corrected chi connectivity index (χ1v) is 8.18. The molecule has 1 nitrogen and oxygen atoms in total. The molecule has 0 radical (unpaired) electrons. The lowest BCUT2D eigenvalue weighted by Crippen LogP contribution is -2.31. The molecule has 2 bridgehead atoms. The van der Waals surface area contributed by atoms with Crippen LogP contribution in [0.3, 0.4) is 0 Å². The highest BCUT2D eigenvalue weighted by Crippen LogP contribution is 2.58. The molecule has 2 saturated carbocycles. The predicted octanol–water partition coefficient (Wildman–Crippen LogP) is 4.66. The van der Waals surface area contributed by atoms with E-state index in [1.165, 1.54) is 32.1 Å². The van der Waals surface area contributed by atoms with Gasteiger partial charge in [-0.05, 0) is 55.1 Å². The number of alkyl halides is 1. The van der Waals surface area contributed by atoms with Gasteiger partial charge in [-0.1, -0.05) is 40.5 Å². The molecule has 1 aromatic rings. The number of para-hydroxylation sites is 1. The maximum absolute atomic E-state index is 5.88. The lowest BCUT2D eigenvalue weighted by Gasteiger charge is -2.36. The van der Waals surface area contributed by atoms with Crippen molar-refractivity contribution >= 4 is 15.9 Å². The van der Waals surface area contributed by atoms with E-state index in [-0.39, 0.29) is 0 Å². The summed E-state index contributed by atoms with van der Waals surface area (Å²) in [6, 6.07) is 10.2. The normalized spacial score (nSPS) is 33.8. The first-order valence-electron chi connectivity index (χ1n) is 7.06. The monoisotopic (exact) mass is 308 g/mol. The minimum Gasteiger partial charge on any atom is -0.494 e. The first kappa shape index (κ1) is 12.5. The molecule has 2 aliphatic carbocycles. The second-order valence-electron chi connectivity index (χ2n) is 5.99. The Morgan fingerprint density at radius 1 is 1.22 bits per heavy atom. The summed E-state index contributed by atoms with van der Waals surface area (Å²) in [6.07, 6.45) is 7.01. The summed E-state index contributed by atoms with van der Waals surface area (Å²) in [5.74, 6) is 2.95. The minimum atomic E-state index is 0.525. The lowest BCUT2D eigenvalue weighted by atomic mass is 9.72. The van der Waals surface area contributed by atoms with Gasteiger partial charge in [0, 0.05) is 5.33 Å². The summed E-state index contributed by atoms with van der Waals surface area (Å²) in [5.41, 5.74) is 0.525. The van der Waals surface area contributed by atoms with Crippen molar-refractivity contribution in [2.45, 2.75) is 32.1 Å². The Labute approximate surface area is 118 Å². The molecule has 3 rings (SSSR count). The van der Waals surface area contributed by atoms with E-state index in [0.717, 1.165) is 29.5 Å². The third kappa shape index (κ3) is 2.32. The summed E-state index contributed by atoms with van der Waals surface area (Å²) < 4.78 is 5.88. The maximum atomic E-state index is 5.88. The standard InChI is InChI=1S/C16H21BrO/c17-12-16(11-13-6-7-14(16)10-13)8-9-18-15-4-2-1-3-5-15/h1-5,13-14H,6-12H2. The highest BCUT2D eigenvalue weighted by molar-refractivity contribution is 9.09. The van der Waals surface area contributed by atoms with Crippen molar-refractivity contribution in [1.29, 1.82) is 0 Å². The van der Waals surface area contributed by atoms with Gasteiger partial charge in [0.1, 0.15) is 5.75 Å². The van der Waals surface area contributed by atoms with Crippen molar-refractivity contribution in [1.82, 2.24) is 0 Å². The molecule has 0 aromatic heterocycles. The zero-order valence-electron chi connectivity index (χ0n) is 10.8. The molecule has 3 atom stereocenters. The van der Waals surface area contributed by atoms with Gasteiger partial charge in [0.25, 0.3) is 0 Å². The molecule has 2 fully saturated rings. The molecule has 0 N–H and O–H groups in total. The Bertz CT molecular complexity index is 391. The van der Waals surface area contributed by atoms with Crippen LogP contribution in [0, 0.1) is 17.3 Å². The van der Waals surface area contributed by atoms with Crippen LogP contribution in [0.2, 0.25) is 0 Å². The Hall–Kier alpha value is -0.500. The Morgan fingerprint density at radius 3 is 2.67 bits per heavy atom. The van der Waals surface area contributed by atoms with E-state index in [0.29, 0.717) is 5.41 Å². The van der Waals surface area contributed by atoms with Gasteiger partial charge in [-0.2, -0.15) is 0 Å². The zero-order chi connectivity index (χ0) is 12.4. The molecule has 98 valence electrons. The average molecular weight is 309 g/mol. The molecule has 0 spiro atoms. The van der Waals surface area contributed by atoms with E-state index in [1.54, 1.807) is 0 Å². The van der Waals surface area contributed by atoms with Gasteiger partial charge >= 0.3 is 0 Å². The summed E-state index contributed by atoms with van der Waals surface area (Å²) in [5, 5.41) is 1.15. The molecular weight excluding hydrogens is 288 g/mol. The second kappa shape index (κ2) is 5.24. The number of hydrogen-bond acceptors (Lipinski definition) is 1. The van der Waals surface area contributed by atoms with Gasteiger partial charge in [0.15, 0.2) is 0 Å². The fourth-order valence-corrected chi connectivity index (χ4v) is 4.95. The third-order valence-electron chi connectivity index (χ3n) is 4.98. The third-order valence-corrected chi connectivity index (χ3v) is 6.10. The average Bonchev–Trinajstić information content (AvgIpc) is 3.01. The van der Waals surface area contributed by atoms with Gasteiger partial charge < -0.3 is 4.74 Å². The van der Waals surface area contributed by atoms with Gasteiger partial charge in [-0.25, -0.2) is 0 Å². The van der Waals surface area contributed by atoms with E-state index >= 15 is 0 Å². The Morgan fingerprint density at radius 2 is 2.06 bits per heavy atom. The summed E-state index contributed by atoms with van der Waals surface area (Å²) >= 11 is 3.77. The van der Waals surface area contributed by atoms with Crippen LogP contribution < -0.4 is 4.74 Å². The molecule has 1 aromatic carbocycles. The van der Waals surface area contributed by atoms with Crippen molar-refractivity contribution in [2.75, 3.05) is 11.9 Å². The fourth-order valence-electron chi connectivity index (χ4n) is 3.98. The van der Waals surface area contributed by atoms with Gasteiger partial charge in [0.2, 0.25) is 0 Å². The van der Waals surface area contributed by atoms with Crippen LogP contribution in [0.25, 0.3) is 0 Å². The summed E-state index contributed by atoms with van der Waals surface area (Å²) in [7, 11) is 0. The Kier molecular flexibility index (Phi) is 3.65. The summed E-state index contributed by atoms with van der Waals surface area (Å²) in [6.45, 7) is 0.860. The van der Waals surface area contributed by atoms with E-state index in [1.807, 2.05) is 30.3 Å². The van der Waals surface area contributed by atoms with Gasteiger partial charge in [-0.15, -0.1) is 0 Å². The smallest absolute Gasteiger partial charge is 0.119 e. The SMILES string of the molecule is BrCC1(CCOc2ccccc2)CC2CCC1C2. The predicted molar refractivity (Wildman–Crippen MR) is 78.2 cm³/mol. The molecule has 0 heterocycles. The van der Waals surface area contributed by atoms with Crippen LogP contribution in [-0.4, -0.2) is 11.9 Å². The fraction of sp³-hybridized carbons (Fsp3) is 0.625. The highest BCUT2D eigenvalue weighted by atomic mass is 79.9. The Balaban J connectivity index is 1.56. The van der Waals surface area contributed by atoms with Crippen molar-refractivity contribution in [3.63, 3.8) is 0 Å². The van der Waals surface area contributed by atoms with E-state index in [9.17, 15) is 0 Å². The first-order chi connectivity index (χ1) is 8.82. The molecule has 3 unspecified atom stereocenters. The highest BCUT2D eigenvalue weighted by Gasteiger charge is 2.49. The molecule has 2 aliphatic rings. The van der Waals surface area contributed by atoms with Crippen LogP contribution in [0.15, 0.2) is 30.3 Å². The largest absolute Gasteiger partial charge is 0.494 e. The maximum Gasteiger partial charge on any atom is 0.119 e. The second-order valence-corrected chi connectivity index (χ2v) is 6.55. The number of hydrogen-bond donors (Lipinski definition) is 0. The topological polar surface area (TPSA) is 9.23 Å². The molecular formula is C16H21BrO. The van der Waals surface area contributed by atoms with Crippen LogP contribution >= 0.6 is 15.9 Å². The van der Waals surface area contributed by atoms with Crippen LogP contribution in [0.4, 0.5) is 0 Å². The molecule has 0 saturated heterocycles. The van der Waals surface area contributed by atoms with Gasteiger partial charge in [-0.3, -0.25) is 0 Å². The minimum absolute atomic E-state index is 0.525. The van der Waals surface area contributed by atoms with Gasteiger partial charge in [0.05, 0.1) is 6.61 Å². The van der Waals surface area contributed by atoms with E-state index < -0.39 is 0 Å². The lowest BCUT2D eigenvalue weighted by molar-refractivity contribution is 0.144. The molecule has 0 aliphatic heterocycles. The van der Waals surface area contributed by atoms with E-state index in [4.69, 9.17) is 4.74 Å². The van der Waals surface area contributed by atoms with Crippen molar-refractivity contribution < 1.29 is 4.74 Å². The molecule has 0 amide bonds. The molecule has 18 heavy (non-hydrogen) atoms. The quantitative estimate of drug-likeness (QED) is 0.719. The van der Waals surface area contributed by atoms with Crippen LogP contribution in [-0.2, 0) is 0 Å². The van der Waals surface area contributed by atoms with Crippen molar-refractivity contribution in [2.24, 2.45) is 17.3 Å². The molecule has 2 heteroatoms. The number of halogens is 1. The van der Waals surface area contributed by atoms with Crippen LogP contribution in [0.5, 0.6) is 5.75 Å². The van der Waals surface area contributed by atoms with Crippen molar-refractivity contribution in [3.05, 3.63) is 30.3 Å². The zero-order valence-corrected chi connectivity index (χ0v) is 12.4.